The van der Waals surface area contributed by atoms with Crippen LogP contribution in [0.25, 0.3) is 22.1 Å². The number of aryl methyl sites for hydroxylation is 1. The molecular formula is C25H26N2O6. The Labute approximate surface area is 190 Å². The fourth-order valence-corrected chi connectivity index (χ4v) is 4.48. The molecule has 1 aliphatic rings. The monoisotopic (exact) mass is 450 g/mol. The van der Waals surface area contributed by atoms with Crippen LogP contribution in [-0.4, -0.2) is 29.7 Å². The van der Waals surface area contributed by atoms with Gasteiger partial charge in [-0.05, 0) is 39.8 Å². The minimum Gasteiger partial charge on any atom is -0.463 e. The molecule has 0 aliphatic carbocycles. The predicted molar refractivity (Wildman–Crippen MR) is 124 cm³/mol. The molecule has 3 aromatic rings. The number of dihydropyridines is 1. The smallest absolute Gasteiger partial charge is 0.336 e. The van der Waals surface area contributed by atoms with Crippen molar-refractivity contribution in [3.05, 3.63) is 68.8 Å². The molecule has 0 amide bonds. The summed E-state index contributed by atoms with van der Waals surface area (Å²) in [5.74, 6) is -1.99. The van der Waals surface area contributed by atoms with Gasteiger partial charge in [0.2, 0.25) is 5.43 Å². The van der Waals surface area contributed by atoms with Crippen molar-refractivity contribution >= 4 is 34.0 Å². The number of rotatable bonds is 5. The van der Waals surface area contributed by atoms with E-state index in [9.17, 15) is 14.4 Å². The number of furan rings is 1. The van der Waals surface area contributed by atoms with E-state index in [-0.39, 0.29) is 35.4 Å². The lowest BCUT2D eigenvalue weighted by atomic mass is 9.82. The summed E-state index contributed by atoms with van der Waals surface area (Å²) in [6.45, 7) is 7.26. The van der Waals surface area contributed by atoms with Gasteiger partial charge in [-0.2, -0.15) is 0 Å². The number of carbonyl (C=O) groups excluding carboxylic acids is 2. The Morgan fingerprint density at radius 1 is 1.03 bits per heavy atom. The maximum absolute atomic E-state index is 13.1. The van der Waals surface area contributed by atoms with E-state index < -0.39 is 17.9 Å². The molecule has 8 heteroatoms. The van der Waals surface area contributed by atoms with E-state index in [1.807, 2.05) is 18.2 Å². The van der Waals surface area contributed by atoms with Gasteiger partial charge in [0.1, 0.15) is 5.58 Å². The zero-order chi connectivity index (χ0) is 23.9. The summed E-state index contributed by atoms with van der Waals surface area (Å²) in [6, 6.07) is 8.77. The van der Waals surface area contributed by atoms with Crippen LogP contribution >= 0.6 is 0 Å². The largest absolute Gasteiger partial charge is 0.463 e. The highest BCUT2D eigenvalue weighted by Gasteiger charge is 2.39. The topological polar surface area (TPSA) is 99.8 Å². The summed E-state index contributed by atoms with van der Waals surface area (Å²) in [4.78, 5) is 39.2. The fraction of sp³-hybridized carbons (Fsp3) is 0.320. The van der Waals surface area contributed by atoms with Crippen molar-refractivity contribution in [2.24, 2.45) is 7.05 Å². The van der Waals surface area contributed by atoms with Gasteiger partial charge in [0.15, 0.2) is 5.58 Å². The van der Waals surface area contributed by atoms with Crippen molar-refractivity contribution in [2.45, 2.75) is 33.6 Å². The molecule has 1 aliphatic heterocycles. The minimum absolute atomic E-state index is 0.171. The van der Waals surface area contributed by atoms with E-state index >= 15 is 0 Å². The van der Waals surface area contributed by atoms with E-state index in [1.54, 1.807) is 45.4 Å². The van der Waals surface area contributed by atoms with Gasteiger partial charge >= 0.3 is 11.9 Å². The zero-order valence-electron chi connectivity index (χ0n) is 19.3. The Hall–Kier alpha value is -3.81. The summed E-state index contributed by atoms with van der Waals surface area (Å²) < 4.78 is 18.3. The molecule has 0 saturated carbocycles. The summed E-state index contributed by atoms with van der Waals surface area (Å²) in [7, 11) is 1.79. The lowest BCUT2D eigenvalue weighted by molar-refractivity contribution is -0.139. The number of esters is 2. The first-order valence-corrected chi connectivity index (χ1v) is 10.8. The first-order valence-electron chi connectivity index (χ1n) is 10.8. The third-order valence-electron chi connectivity index (χ3n) is 5.84. The van der Waals surface area contributed by atoms with Gasteiger partial charge in [-0.3, -0.25) is 4.79 Å². The van der Waals surface area contributed by atoms with Gasteiger partial charge < -0.3 is 23.8 Å². The molecule has 8 nitrogen and oxygen atoms in total. The first-order chi connectivity index (χ1) is 15.8. The van der Waals surface area contributed by atoms with E-state index in [2.05, 4.69) is 5.32 Å². The number of aromatic nitrogens is 1. The van der Waals surface area contributed by atoms with Crippen molar-refractivity contribution in [1.82, 2.24) is 9.88 Å². The lowest BCUT2D eigenvalue weighted by Crippen LogP contribution is -2.34. The summed E-state index contributed by atoms with van der Waals surface area (Å²) in [5.41, 5.74) is 3.13. The average Bonchev–Trinajstić information content (AvgIpc) is 3.16. The molecule has 4 rings (SSSR count). The number of para-hydroxylation sites is 1. The molecule has 172 valence electrons. The van der Waals surface area contributed by atoms with Crippen LogP contribution in [0, 0.1) is 0 Å². The minimum atomic E-state index is -0.861. The summed E-state index contributed by atoms with van der Waals surface area (Å²) in [5, 5.41) is 3.87. The van der Waals surface area contributed by atoms with Crippen LogP contribution in [-0.2, 0) is 26.1 Å². The number of ether oxygens (including phenoxy) is 2. The van der Waals surface area contributed by atoms with Crippen LogP contribution in [0.5, 0.6) is 0 Å². The second kappa shape index (κ2) is 8.61. The predicted octanol–water partition coefficient (Wildman–Crippen LogP) is 3.65. The summed E-state index contributed by atoms with van der Waals surface area (Å²) in [6.07, 6.45) is 0. The van der Waals surface area contributed by atoms with Crippen molar-refractivity contribution in [3.8, 4) is 0 Å². The molecule has 2 aromatic heterocycles. The first kappa shape index (κ1) is 22.4. The molecule has 33 heavy (non-hydrogen) atoms. The number of allylic oxidation sites excluding steroid dienone is 2. The average molecular weight is 450 g/mol. The van der Waals surface area contributed by atoms with E-state index in [0.717, 1.165) is 5.39 Å². The number of nitrogens with zero attached hydrogens (tertiary/aromatic N) is 1. The van der Waals surface area contributed by atoms with Gasteiger partial charge in [-0.25, -0.2) is 9.59 Å². The van der Waals surface area contributed by atoms with E-state index in [1.165, 1.54) is 6.07 Å². The van der Waals surface area contributed by atoms with Gasteiger partial charge in [0, 0.05) is 35.6 Å². The Balaban J connectivity index is 2.06. The summed E-state index contributed by atoms with van der Waals surface area (Å²) >= 11 is 0. The molecule has 0 unspecified atom stereocenters. The molecule has 0 atom stereocenters. The number of nitrogens with one attached hydrogen (secondary N) is 1. The number of hydrogen-bond donors (Lipinski definition) is 1. The molecule has 0 saturated heterocycles. The van der Waals surface area contributed by atoms with Crippen LogP contribution in [0.4, 0.5) is 0 Å². The zero-order valence-corrected chi connectivity index (χ0v) is 19.3. The van der Waals surface area contributed by atoms with Crippen molar-refractivity contribution < 1.29 is 23.5 Å². The Morgan fingerprint density at radius 3 is 2.18 bits per heavy atom. The molecule has 0 radical (unpaired) electrons. The molecule has 3 heterocycles. The Bertz CT molecular complexity index is 1370. The second-order valence-corrected chi connectivity index (χ2v) is 7.84. The molecule has 1 aromatic carbocycles. The van der Waals surface area contributed by atoms with Crippen LogP contribution < -0.4 is 10.7 Å². The van der Waals surface area contributed by atoms with Crippen molar-refractivity contribution in [1.29, 1.82) is 0 Å². The third-order valence-corrected chi connectivity index (χ3v) is 5.84. The normalized spacial score (nSPS) is 14.7. The molecule has 0 bridgehead atoms. The van der Waals surface area contributed by atoms with Crippen LogP contribution in [0.3, 0.4) is 0 Å². The number of fused-ring (bicyclic) bond motifs is 3. The fourth-order valence-electron chi connectivity index (χ4n) is 4.48. The van der Waals surface area contributed by atoms with Crippen LogP contribution in [0.2, 0.25) is 0 Å². The quantitative estimate of drug-likeness (QED) is 0.592. The van der Waals surface area contributed by atoms with Crippen LogP contribution in [0.15, 0.2) is 62.1 Å². The standard InChI is InChI=1S/C25H26N2O6/c1-6-31-24(29)19-13(3)26-14(4)20(25(30)32-7-2)21(19)16-12-17(28)23-22(27(16)5)15-10-8-9-11-18(15)33-23/h8-12,21,26H,6-7H2,1-5H3. The number of carbonyl (C=O) groups is 2. The van der Waals surface area contributed by atoms with Crippen molar-refractivity contribution in [2.75, 3.05) is 13.2 Å². The second-order valence-electron chi connectivity index (χ2n) is 7.84. The lowest BCUT2D eigenvalue weighted by Gasteiger charge is -2.31. The molecule has 0 spiro atoms. The SMILES string of the molecule is CCOC(=O)C1=C(C)NC(C)=C(C(=O)OCC)C1c1cc(=O)c2oc3ccccc3c2n1C. The third kappa shape index (κ3) is 3.61. The van der Waals surface area contributed by atoms with Gasteiger partial charge in [0.25, 0.3) is 0 Å². The molecule has 0 fully saturated rings. The number of benzene rings is 1. The molecule has 1 N–H and O–H groups in total. The highest BCUT2D eigenvalue weighted by atomic mass is 16.5. The van der Waals surface area contributed by atoms with Gasteiger partial charge in [-0.1, -0.05) is 12.1 Å². The Kier molecular flexibility index (Phi) is 5.84. The number of pyridine rings is 1. The Morgan fingerprint density at radius 2 is 1.61 bits per heavy atom. The van der Waals surface area contributed by atoms with Crippen LogP contribution in [0.1, 0.15) is 39.3 Å². The maximum atomic E-state index is 13.1. The van der Waals surface area contributed by atoms with E-state index in [4.69, 9.17) is 13.9 Å². The van der Waals surface area contributed by atoms with Crippen molar-refractivity contribution in [3.63, 3.8) is 0 Å². The maximum Gasteiger partial charge on any atom is 0.336 e. The van der Waals surface area contributed by atoms with Gasteiger partial charge in [0.05, 0.1) is 35.8 Å². The molecular weight excluding hydrogens is 424 g/mol. The number of hydrogen-bond acceptors (Lipinski definition) is 7. The van der Waals surface area contributed by atoms with E-state index in [0.29, 0.717) is 28.2 Å². The van der Waals surface area contributed by atoms with Gasteiger partial charge in [-0.15, -0.1) is 0 Å². The highest BCUT2D eigenvalue weighted by molar-refractivity contribution is 6.04. The highest BCUT2D eigenvalue weighted by Crippen LogP contribution is 2.40.